The van der Waals surface area contributed by atoms with Gasteiger partial charge in [-0.05, 0) is 34.1 Å². The first-order valence-electron chi connectivity index (χ1n) is 5.96. The maximum absolute atomic E-state index is 12.9. The van der Waals surface area contributed by atoms with Gasteiger partial charge < -0.3 is 14.8 Å². The van der Waals surface area contributed by atoms with Gasteiger partial charge in [-0.3, -0.25) is 4.79 Å². The zero-order valence-corrected chi connectivity index (χ0v) is 12.7. The number of amides is 1. The third-order valence-electron chi connectivity index (χ3n) is 2.48. The van der Waals surface area contributed by atoms with Crippen LogP contribution in [0.1, 0.15) is 0 Å². The highest BCUT2D eigenvalue weighted by molar-refractivity contribution is 9.10. The maximum atomic E-state index is 12.9. The molecule has 0 aliphatic heterocycles. The number of methoxy groups -OCH3 is 1. The Morgan fingerprint density at radius 1 is 1.38 bits per heavy atom. The lowest BCUT2D eigenvalue weighted by atomic mass is 10.3. The third-order valence-corrected chi connectivity index (χ3v) is 3.08. The second kappa shape index (κ2) is 7.03. The molecule has 1 heterocycles. The summed E-state index contributed by atoms with van der Waals surface area (Å²) in [4.78, 5) is 15.5. The van der Waals surface area contributed by atoms with E-state index in [9.17, 15) is 9.18 Å². The van der Waals surface area contributed by atoms with Gasteiger partial charge in [0.15, 0.2) is 6.61 Å². The van der Waals surface area contributed by atoms with Crippen LogP contribution in [0, 0.1) is 5.82 Å². The number of rotatable bonds is 5. The SMILES string of the molecule is COc1cccc(OCC(=O)Nc2ncc(F)cc2Br)c1. The number of hydrogen-bond donors (Lipinski definition) is 1. The van der Waals surface area contributed by atoms with Gasteiger partial charge in [-0.25, -0.2) is 9.37 Å². The molecule has 0 bridgehead atoms. The average Bonchev–Trinajstić information content (AvgIpc) is 2.48. The lowest BCUT2D eigenvalue weighted by Gasteiger charge is -2.09. The molecule has 21 heavy (non-hydrogen) atoms. The van der Waals surface area contributed by atoms with Crippen LogP contribution in [-0.4, -0.2) is 24.6 Å². The predicted molar refractivity (Wildman–Crippen MR) is 79.0 cm³/mol. The molecule has 1 aromatic heterocycles. The molecule has 0 unspecified atom stereocenters. The molecule has 0 aliphatic rings. The monoisotopic (exact) mass is 354 g/mol. The first kappa shape index (κ1) is 15.2. The summed E-state index contributed by atoms with van der Waals surface area (Å²) in [6.07, 6.45) is 1.02. The molecule has 110 valence electrons. The minimum absolute atomic E-state index is 0.196. The molecule has 5 nitrogen and oxygen atoms in total. The van der Waals surface area contributed by atoms with Crippen molar-refractivity contribution in [3.05, 3.63) is 46.8 Å². The number of hydrogen-bond acceptors (Lipinski definition) is 4. The first-order valence-corrected chi connectivity index (χ1v) is 6.75. The van der Waals surface area contributed by atoms with Crippen LogP contribution in [0.25, 0.3) is 0 Å². The van der Waals surface area contributed by atoms with Gasteiger partial charge in [0.05, 0.1) is 17.8 Å². The van der Waals surface area contributed by atoms with Crippen LogP contribution in [0.2, 0.25) is 0 Å². The summed E-state index contributed by atoms with van der Waals surface area (Å²) in [5.74, 6) is 0.479. The van der Waals surface area contributed by atoms with E-state index in [1.54, 1.807) is 31.4 Å². The number of ether oxygens (including phenoxy) is 2. The Bertz CT molecular complexity index is 652. The van der Waals surface area contributed by atoms with Gasteiger partial charge in [0.1, 0.15) is 23.1 Å². The highest BCUT2D eigenvalue weighted by atomic mass is 79.9. The first-order chi connectivity index (χ1) is 10.1. The number of benzene rings is 1. The van der Waals surface area contributed by atoms with E-state index in [1.165, 1.54) is 6.07 Å². The fourth-order valence-electron chi connectivity index (χ4n) is 1.51. The van der Waals surface area contributed by atoms with Crippen LogP contribution in [0.3, 0.4) is 0 Å². The summed E-state index contributed by atoms with van der Waals surface area (Å²) in [6.45, 7) is -0.196. The number of pyridine rings is 1. The van der Waals surface area contributed by atoms with Crippen molar-refractivity contribution in [2.45, 2.75) is 0 Å². The minimum atomic E-state index is -0.493. The normalized spacial score (nSPS) is 10.0. The fourth-order valence-corrected chi connectivity index (χ4v) is 1.93. The van der Waals surface area contributed by atoms with Crippen LogP contribution in [0.4, 0.5) is 10.2 Å². The van der Waals surface area contributed by atoms with E-state index >= 15 is 0 Å². The number of anilines is 1. The molecule has 0 saturated heterocycles. The van der Waals surface area contributed by atoms with Crippen LogP contribution in [0.15, 0.2) is 41.0 Å². The van der Waals surface area contributed by atoms with Crippen molar-refractivity contribution in [3.63, 3.8) is 0 Å². The second-order valence-corrected chi connectivity index (χ2v) is 4.85. The number of nitrogens with one attached hydrogen (secondary N) is 1. The average molecular weight is 355 g/mol. The van der Waals surface area contributed by atoms with Crippen LogP contribution >= 0.6 is 15.9 Å². The van der Waals surface area contributed by atoms with Gasteiger partial charge in [-0.15, -0.1) is 0 Å². The summed E-state index contributed by atoms with van der Waals surface area (Å²) in [6, 6.07) is 8.11. The molecule has 1 aromatic carbocycles. The summed E-state index contributed by atoms with van der Waals surface area (Å²) >= 11 is 3.12. The van der Waals surface area contributed by atoms with Crippen molar-refractivity contribution < 1.29 is 18.7 Å². The highest BCUT2D eigenvalue weighted by Gasteiger charge is 2.09. The lowest BCUT2D eigenvalue weighted by molar-refractivity contribution is -0.118. The maximum Gasteiger partial charge on any atom is 0.263 e. The van der Waals surface area contributed by atoms with Crippen molar-refractivity contribution in [1.82, 2.24) is 4.98 Å². The van der Waals surface area contributed by atoms with Crippen molar-refractivity contribution in [2.24, 2.45) is 0 Å². The molecule has 0 aliphatic carbocycles. The van der Waals surface area contributed by atoms with Crippen LogP contribution < -0.4 is 14.8 Å². The molecule has 0 spiro atoms. The molecule has 0 fully saturated rings. The van der Waals surface area contributed by atoms with E-state index in [1.807, 2.05) is 0 Å². The Hall–Kier alpha value is -2.15. The van der Waals surface area contributed by atoms with Crippen molar-refractivity contribution in [3.8, 4) is 11.5 Å². The molecule has 1 N–H and O–H groups in total. The molecule has 0 saturated carbocycles. The molecule has 2 rings (SSSR count). The number of nitrogens with zero attached hydrogens (tertiary/aromatic N) is 1. The highest BCUT2D eigenvalue weighted by Crippen LogP contribution is 2.21. The van der Waals surface area contributed by atoms with Crippen LogP contribution in [-0.2, 0) is 4.79 Å². The number of carbonyl (C=O) groups is 1. The van der Waals surface area contributed by atoms with Crippen LogP contribution in [0.5, 0.6) is 11.5 Å². The molecule has 2 aromatic rings. The smallest absolute Gasteiger partial charge is 0.263 e. The molecular formula is C14H12BrFN2O3. The Morgan fingerprint density at radius 3 is 2.86 bits per heavy atom. The Balaban J connectivity index is 1.92. The van der Waals surface area contributed by atoms with Gasteiger partial charge in [0.2, 0.25) is 0 Å². The Labute approximate surface area is 129 Å². The van der Waals surface area contributed by atoms with E-state index in [4.69, 9.17) is 9.47 Å². The van der Waals surface area contributed by atoms with E-state index in [-0.39, 0.29) is 12.4 Å². The summed E-state index contributed by atoms with van der Waals surface area (Å²) in [7, 11) is 1.55. The largest absolute Gasteiger partial charge is 0.497 e. The van der Waals surface area contributed by atoms with E-state index in [0.717, 1.165) is 6.20 Å². The molecular weight excluding hydrogens is 343 g/mol. The molecule has 0 radical (unpaired) electrons. The minimum Gasteiger partial charge on any atom is -0.497 e. The molecule has 1 amide bonds. The van der Waals surface area contributed by atoms with E-state index < -0.39 is 11.7 Å². The van der Waals surface area contributed by atoms with Crippen molar-refractivity contribution >= 4 is 27.7 Å². The fraction of sp³-hybridized carbons (Fsp3) is 0.143. The van der Waals surface area contributed by atoms with E-state index in [2.05, 4.69) is 26.2 Å². The zero-order valence-electron chi connectivity index (χ0n) is 11.1. The standard InChI is InChI=1S/C14H12BrFN2O3/c1-20-10-3-2-4-11(6-10)21-8-13(19)18-14-12(15)5-9(16)7-17-14/h2-7H,8H2,1H3,(H,17,18,19). The second-order valence-electron chi connectivity index (χ2n) is 4.00. The van der Waals surface area contributed by atoms with Gasteiger partial charge >= 0.3 is 0 Å². The lowest BCUT2D eigenvalue weighted by Crippen LogP contribution is -2.21. The van der Waals surface area contributed by atoms with E-state index in [0.29, 0.717) is 16.0 Å². The van der Waals surface area contributed by atoms with Crippen molar-refractivity contribution in [1.29, 1.82) is 0 Å². The predicted octanol–water partition coefficient (Wildman–Crippen LogP) is 3.01. The van der Waals surface area contributed by atoms with Gasteiger partial charge in [-0.1, -0.05) is 6.07 Å². The molecule has 7 heteroatoms. The number of halogens is 2. The third kappa shape index (κ3) is 4.42. The number of carbonyl (C=O) groups excluding carboxylic acids is 1. The summed E-state index contributed by atoms with van der Waals surface area (Å²) in [5.41, 5.74) is 0. The summed E-state index contributed by atoms with van der Waals surface area (Å²) < 4.78 is 23.6. The summed E-state index contributed by atoms with van der Waals surface area (Å²) in [5, 5.41) is 2.52. The Morgan fingerprint density at radius 2 is 2.14 bits per heavy atom. The molecule has 0 atom stereocenters. The van der Waals surface area contributed by atoms with Crippen molar-refractivity contribution in [2.75, 3.05) is 19.0 Å². The van der Waals surface area contributed by atoms with Gasteiger partial charge in [0.25, 0.3) is 5.91 Å². The Kier molecular flexibility index (Phi) is 5.10. The topological polar surface area (TPSA) is 60.5 Å². The van der Waals surface area contributed by atoms with Gasteiger partial charge in [-0.2, -0.15) is 0 Å². The number of aromatic nitrogens is 1. The zero-order chi connectivity index (χ0) is 15.2. The quantitative estimate of drug-likeness (QED) is 0.896. The van der Waals surface area contributed by atoms with Gasteiger partial charge in [0, 0.05) is 6.07 Å².